The maximum atomic E-state index is 15.0. The lowest BCUT2D eigenvalue weighted by Gasteiger charge is -2.39. The molecule has 4 aromatic rings. The number of hydrogen-bond donors (Lipinski definition) is 0. The Morgan fingerprint density at radius 1 is 1.10 bits per heavy atom. The van der Waals surface area contributed by atoms with Crippen LogP contribution in [-0.4, -0.2) is 100 Å². The molecule has 3 unspecified atom stereocenters. The number of rotatable bonds is 6. The van der Waals surface area contributed by atoms with Gasteiger partial charge in [-0.15, -0.1) is 11.3 Å². The van der Waals surface area contributed by atoms with Crippen molar-refractivity contribution in [1.29, 1.82) is 0 Å². The number of hydrogen-bond acceptors (Lipinski definition) is 9. The lowest BCUT2D eigenvalue weighted by atomic mass is 10.0. The van der Waals surface area contributed by atoms with E-state index in [4.69, 9.17) is 24.8 Å². The van der Waals surface area contributed by atoms with E-state index >= 15 is 0 Å². The van der Waals surface area contributed by atoms with Crippen LogP contribution >= 0.6 is 11.3 Å². The third kappa shape index (κ3) is 5.28. The monoisotopic (exact) mass is 550 g/mol. The second-order valence-electron chi connectivity index (χ2n) is 10.7. The zero-order chi connectivity index (χ0) is 27.1. The van der Waals surface area contributed by atoms with Crippen molar-refractivity contribution in [2.24, 2.45) is 0 Å². The number of benzene rings is 1. The Bertz CT molecular complexity index is 1450. The van der Waals surface area contributed by atoms with Crippen molar-refractivity contribution >= 4 is 27.5 Å². The Morgan fingerprint density at radius 2 is 1.92 bits per heavy atom. The number of nitrogens with zero attached hydrogens (tertiary/aromatic N) is 8. The number of thiazole rings is 1. The van der Waals surface area contributed by atoms with Crippen molar-refractivity contribution in [3.8, 4) is 17.2 Å². The summed E-state index contributed by atoms with van der Waals surface area (Å²) in [5.41, 5.74) is 3.76. The van der Waals surface area contributed by atoms with E-state index in [0.29, 0.717) is 31.4 Å². The zero-order valence-corrected chi connectivity index (χ0v) is 23.7. The molecule has 2 aliphatic rings. The molecule has 0 N–H and O–H groups in total. The molecule has 6 rings (SSSR count). The van der Waals surface area contributed by atoms with E-state index in [1.54, 1.807) is 16.0 Å². The minimum atomic E-state index is -0.886. The molecule has 1 aromatic carbocycles. The first-order chi connectivity index (χ1) is 18.9. The molecule has 3 aromatic heterocycles. The number of piperidine rings is 1. The molecular formula is C28H35FN8OS. The van der Waals surface area contributed by atoms with Crippen molar-refractivity contribution < 1.29 is 9.13 Å². The van der Waals surface area contributed by atoms with Crippen molar-refractivity contribution in [2.75, 3.05) is 58.4 Å². The van der Waals surface area contributed by atoms with E-state index in [-0.39, 0.29) is 12.1 Å². The van der Waals surface area contributed by atoms with Gasteiger partial charge in [0.05, 0.1) is 24.9 Å². The van der Waals surface area contributed by atoms with Crippen molar-refractivity contribution in [1.82, 2.24) is 34.5 Å². The highest BCUT2D eigenvalue weighted by Crippen LogP contribution is 2.36. The fourth-order valence-corrected chi connectivity index (χ4v) is 6.59. The number of halogens is 1. The predicted octanol–water partition coefficient (Wildman–Crippen LogP) is 4.12. The van der Waals surface area contributed by atoms with E-state index in [0.717, 1.165) is 52.8 Å². The molecule has 2 aliphatic heterocycles. The highest BCUT2D eigenvalue weighted by atomic mass is 32.1. The quantitative estimate of drug-likeness (QED) is 0.355. The zero-order valence-electron chi connectivity index (χ0n) is 22.9. The summed E-state index contributed by atoms with van der Waals surface area (Å²) in [6, 6.07) is 10.2. The second-order valence-corrected chi connectivity index (χ2v) is 11.7. The Kier molecular flexibility index (Phi) is 7.32. The maximum absolute atomic E-state index is 15.0. The van der Waals surface area contributed by atoms with E-state index in [1.165, 1.54) is 5.56 Å². The molecule has 0 amide bonds. The summed E-state index contributed by atoms with van der Waals surface area (Å²) >= 11 is 1.61. The molecule has 3 atom stereocenters. The van der Waals surface area contributed by atoms with Gasteiger partial charge in [-0.05, 0) is 46.5 Å². The van der Waals surface area contributed by atoms with Crippen LogP contribution in [0.15, 0.2) is 36.5 Å². The topological polar surface area (TPSA) is 75.4 Å². The summed E-state index contributed by atoms with van der Waals surface area (Å²) < 4.78 is 23.3. The number of ether oxygens (including phenoxy) is 1. The molecule has 206 valence electrons. The molecule has 0 spiro atoms. The molecule has 0 radical (unpaired) electrons. The molecule has 5 heterocycles. The number of anilines is 1. The first-order valence-corrected chi connectivity index (χ1v) is 14.4. The number of fused-ring (bicyclic) bond motifs is 1. The van der Waals surface area contributed by atoms with Gasteiger partial charge in [0.25, 0.3) is 5.95 Å². The first-order valence-electron chi connectivity index (χ1n) is 13.6. The van der Waals surface area contributed by atoms with Gasteiger partial charge in [0.15, 0.2) is 11.5 Å². The molecule has 9 nitrogen and oxygen atoms in total. The van der Waals surface area contributed by atoms with Crippen molar-refractivity contribution in [3.05, 3.63) is 47.1 Å². The smallest absolute Gasteiger partial charge is 0.254 e. The third-order valence-electron chi connectivity index (χ3n) is 7.77. The Morgan fingerprint density at radius 3 is 2.67 bits per heavy atom. The number of alkyl halides is 1. The van der Waals surface area contributed by atoms with Crippen LogP contribution in [0.25, 0.3) is 27.6 Å². The lowest BCUT2D eigenvalue weighted by Crippen LogP contribution is -2.50. The van der Waals surface area contributed by atoms with Crippen LogP contribution in [0.2, 0.25) is 0 Å². The van der Waals surface area contributed by atoms with Gasteiger partial charge >= 0.3 is 0 Å². The number of aryl methyl sites for hydroxylation is 1. The van der Waals surface area contributed by atoms with Gasteiger partial charge in [0.2, 0.25) is 0 Å². The normalized spacial score (nSPS) is 21.6. The molecule has 0 aliphatic carbocycles. The van der Waals surface area contributed by atoms with Crippen LogP contribution in [0.5, 0.6) is 0 Å². The second kappa shape index (κ2) is 10.9. The SMILES string of the molecule is Cc1cccc(-c2ccn(-c3nc(N4CCOCC4)c4sc(C(C)N5CCC(N(C)C)C(F)C5)nc4n3)n2)c1. The van der Waals surface area contributed by atoms with E-state index in [1.807, 2.05) is 37.3 Å². The minimum Gasteiger partial charge on any atom is -0.378 e. The van der Waals surface area contributed by atoms with Gasteiger partial charge in [0.1, 0.15) is 15.9 Å². The summed E-state index contributed by atoms with van der Waals surface area (Å²) in [7, 11) is 3.91. The fraction of sp³-hybridized carbons (Fsp3) is 0.500. The highest BCUT2D eigenvalue weighted by molar-refractivity contribution is 7.19. The van der Waals surface area contributed by atoms with Crippen molar-refractivity contribution in [3.63, 3.8) is 0 Å². The molecule has 2 fully saturated rings. The Hall–Kier alpha value is -2.99. The van der Waals surface area contributed by atoms with Crippen LogP contribution in [0.1, 0.15) is 30.0 Å². The molecule has 0 bridgehead atoms. The maximum Gasteiger partial charge on any atom is 0.254 e. The lowest BCUT2D eigenvalue weighted by molar-refractivity contribution is 0.0394. The molecule has 39 heavy (non-hydrogen) atoms. The molecule has 2 saturated heterocycles. The van der Waals surface area contributed by atoms with Gasteiger partial charge in [-0.2, -0.15) is 15.1 Å². The number of morpholine rings is 1. The first kappa shape index (κ1) is 26.2. The van der Waals surface area contributed by atoms with E-state index < -0.39 is 6.17 Å². The van der Waals surface area contributed by atoms with Gasteiger partial charge in [-0.3, -0.25) is 4.90 Å². The van der Waals surface area contributed by atoms with Crippen LogP contribution < -0.4 is 4.90 Å². The van der Waals surface area contributed by atoms with Crippen LogP contribution in [0.3, 0.4) is 0 Å². The van der Waals surface area contributed by atoms with Crippen molar-refractivity contribution in [2.45, 2.75) is 38.5 Å². The third-order valence-corrected chi connectivity index (χ3v) is 8.98. The van der Waals surface area contributed by atoms with Crippen LogP contribution in [0, 0.1) is 6.92 Å². The Balaban J connectivity index is 1.35. The summed E-state index contributed by atoms with van der Waals surface area (Å²) in [6.45, 7) is 8.25. The summed E-state index contributed by atoms with van der Waals surface area (Å²) in [5, 5.41) is 5.73. The molecular weight excluding hydrogens is 515 g/mol. The van der Waals surface area contributed by atoms with Gasteiger partial charge in [-0.1, -0.05) is 23.8 Å². The number of aromatic nitrogens is 5. The molecule has 11 heteroatoms. The fourth-order valence-electron chi connectivity index (χ4n) is 5.48. The van der Waals surface area contributed by atoms with Gasteiger partial charge < -0.3 is 14.5 Å². The highest BCUT2D eigenvalue weighted by Gasteiger charge is 2.34. The largest absolute Gasteiger partial charge is 0.378 e. The molecule has 0 saturated carbocycles. The summed E-state index contributed by atoms with van der Waals surface area (Å²) in [5.74, 6) is 1.35. The summed E-state index contributed by atoms with van der Waals surface area (Å²) in [4.78, 5) is 21.3. The van der Waals surface area contributed by atoms with Crippen LogP contribution in [0.4, 0.5) is 10.2 Å². The summed E-state index contributed by atoms with van der Waals surface area (Å²) in [6.07, 6.45) is 1.81. The van der Waals surface area contributed by atoms with Gasteiger partial charge in [0, 0.05) is 44.0 Å². The average Bonchev–Trinajstić information content (AvgIpc) is 3.60. The Labute approximate surface area is 232 Å². The van der Waals surface area contributed by atoms with E-state index in [2.05, 4.69) is 41.8 Å². The van der Waals surface area contributed by atoms with Crippen LogP contribution in [-0.2, 0) is 4.74 Å². The average molecular weight is 551 g/mol. The minimum absolute atomic E-state index is 0.0100. The standard InChI is InChI=1S/C28H35FN8OS/c1-18-6-5-7-20(16-18)22-8-11-37(33-22)28-31-25-24(26(32-28)35-12-14-38-15-13-35)39-27(30-25)19(2)36-10-9-23(34(3)4)21(29)17-36/h5-8,11,16,19,21,23H,9-10,12-15,17H2,1-4H3. The predicted molar refractivity (Wildman–Crippen MR) is 153 cm³/mol. The van der Waals surface area contributed by atoms with Gasteiger partial charge in [-0.25, -0.2) is 14.1 Å². The van der Waals surface area contributed by atoms with E-state index in [9.17, 15) is 4.39 Å². The number of likely N-dealkylation sites (tertiary alicyclic amines) is 1.